The van der Waals surface area contributed by atoms with Crippen molar-refractivity contribution in [1.29, 1.82) is 0 Å². The molecule has 0 fully saturated rings. The van der Waals surface area contributed by atoms with Crippen molar-refractivity contribution < 1.29 is 37.9 Å². The first kappa shape index (κ1) is 27.1. The van der Waals surface area contributed by atoms with Gasteiger partial charge in [0.25, 0.3) is 0 Å². The van der Waals surface area contributed by atoms with E-state index in [4.69, 9.17) is 37.9 Å². The average molecular weight is 450 g/mol. The van der Waals surface area contributed by atoms with Gasteiger partial charge in [-0.25, -0.2) is 0 Å². The number of anilines is 3. The monoisotopic (exact) mass is 450 g/mol. The van der Waals surface area contributed by atoms with Crippen molar-refractivity contribution in [1.82, 2.24) is 15.0 Å². The van der Waals surface area contributed by atoms with Crippen molar-refractivity contribution in [3.8, 4) is 0 Å². The normalized spacial score (nSPS) is 11.0. The Morgan fingerprint density at radius 3 is 1.00 bits per heavy atom. The lowest BCUT2D eigenvalue weighted by Crippen LogP contribution is -2.36. The first-order valence-electron chi connectivity index (χ1n) is 9.25. The number of nitrogens with zero attached hydrogens (tertiary/aromatic N) is 6. The van der Waals surface area contributed by atoms with Crippen molar-refractivity contribution in [3.63, 3.8) is 0 Å². The summed E-state index contributed by atoms with van der Waals surface area (Å²) in [5.74, 6) is 0.940. The molecule has 31 heavy (non-hydrogen) atoms. The number of hydrogen-bond donors (Lipinski definition) is 0. The second-order valence-corrected chi connectivity index (χ2v) is 6.01. The third kappa shape index (κ3) is 9.84. The van der Waals surface area contributed by atoms with Gasteiger partial charge in [-0.1, -0.05) is 0 Å². The summed E-state index contributed by atoms with van der Waals surface area (Å²) < 4.78 is 41.8. The van der Waals surface area contributed by atoms with Crippen molar-refractivity contribution in [2.75, 3.05) is 111 Å². The van der Waals surface area contributed by atoms with E-state index in [-0.39, 0.29) is 54.0 Å². The van der Waals surface area contributed by atoms with Crippen LogP contribution in [0.4, 0.5) is 17.8 Å². The van der Waals surface area contributed by atoms with E-state index in [9.17, 15) is 0 Å². The zero-order chi connectivity index (χ0) is 22.9. The van der Waals surface area contributed by atoms with Gasteiger partial charge >= 0.3 is 0 Å². The number of ether oxygens (including phenoxy) is 8. The van der Waals surface area contributed by atoms with Gasteiger partial charge in [0.05, 0.1) is 0 Å². The molecule has 0 saturated carbocycles. The molecule has 1 aromatic heterocycles. The molecule has 180 valence electrons. The fraction of sp³-hybridized carbons (Fsp3) is 0.824. The van der Waals surface area contributed by atoms with E-state index in [1.807, 2.05) is 0 Å². The van der Waals surface area contributed by atoms with Gasteiger partial charge < -0.3 is 37.9 Å². The van der Waals surface area contributed by atoms with Gasteiger partial charge in [0.15, 0.2) is 0 Å². The molecule has 0 unspecified atom stereocenters. The fourth-order valence-electron chi connectivity index (χ4n) is 2.31. The average Bonchev–Trinajstić information content (AvgIpc) is 2.77. The van der Waals surface area contributed by atoms with Gasteiger partial charge in [-0.2, -0.15) is 15.0 Å². The molecule has 1 heterocycles. The maximum Gasteiger partial charge on any atom is 0.235 e. The summed E-state index contributed by atoms with van der Waals surface area (Å²) in [5, 5.41) is 0. The first-order valence-corrected chi connectivity index (χ1v) is 9.25. The standard InChI is InChI=1S/C17H34N6O8/c1-24-7-21(8-25-2)15-18-16(22(9-26-3)11-30-13-28-5)20-17(19-15)23(10-27-4)12-31-14-29-6/h7-14H2,1-6H3. The van der Waals surface area contributed by atoms with E-state index in [1.165, 1.54) is 14.2 Å². The third-order valence-electron chi connectivity index (χ3n) is 3.48. The smallest absolute Gasteiger partial charge is 0.235 e. The minimum Gasteiger partial charge on any atom is -0.364 e. The molecule has 0 aliphatic rings. The number of aromatic nitrogens is 3. The van der Waals surface area contributed by atoms with Crippen LogP contribution in [0.2, 0.25) is 0 Å². The molecule has 0 saturated heterocycles. The molecule has 0 amide bonds. The van der Waals surface area contributed by atoms with Crippen molar-refractivity contribution >= 4 is 17.8 Å². The van der Waals surface area contributed by atoms with Crippen LogP contribution in [0.25, 0.3) is 0 Å². The Bertz CT molecular complexity index is 543. The van der Waals surface area contributed by atoms with Crippen molar-refractivity contribution in [3.05, 3.63) is 0 Å². The van der Waals surface area contributed by atoms with Crippen LogP contribution in [-0.4, -0.2) is 112 Å². The lowest BCUT2D eigenvalue weighted by molar-refractivity contribution is -0.0350. The van der Waals surface area contributed by atoms with E-state index in [0.29, 0.717) is 17.8 Å². The van der Waals surface area contributed by atoms with Gasteiger partial charge in [0.1, 0.15) is 54.0 Å². The molecule has 0 bridgehead atoms. The second-order valence-electron chi connectivity index (χ2n) is 6.01. The summed E-state index contributed by atoms with van der Waals surface area (Å²) in [5.41, 5.74) is 0. The van der Waals surface area contributed by atoms with Crippen LogP contribution in [0, 0.1) is 0 Å². The summed E-state index contributed by atoms with van der Waals surface area (Å²) in [6, 6.07) is 0. The Hall–Kier alpha value is -1.91. The highest BCUT2D eigenvalue weighted by Crippen LogP contribution is 2.20. The van der Waals surface area contributed by atoms with Gasteiger partial charge in [-0.3, -0.25) is 14.7 Å². The molecule has 1 aromatic rings. The lowest BCUT2D eigenvalue weighted by atomic mass is 10.6. The predicted octanol–water partition coefficient (Wildman–Crippen LogP) is -0.138. The molecule has 0 atom stereocenters. The largest absolute Gasteiger partial charge is 0.364 e. The summed E-state index contributed by atoms with van der Waals surface area (Å²) >= 11 is 0. The molecule has 0 spiro atoms. The molecule has 0 N–H and O–H groups in total. The number of hydrogen-bond acceptors (Lipinski definition) is 14. The van der Waals surface area contributed by atoms with E-state index in [2.05, 4.69) is 15.0 Å². The second kappa shape index (κ2) is 16.7. The summed E-state index contributed by atoms with van der Waals surface area (Å²) in [6.07, 6.45) is 0. The Morgan fingerprint density at radius 1 is 0.452 bits per heavy atom. The van der Waals surface area contributed by atoms with Crippen molar-refractivity contribution in [2.24, 2.45) is 0 Å². The van der Waals surface area contributed by atoms with Gasteiger partial charge in [0, 0.05) is 42.7 Å². The Balaban J connectivity index is 3.34. The molecule has 0 aliphatic heterocycles. The van der Waals surface area contributed by atoms with Crippen LogP contribution in [0.15, 0.2) is 0 Å². The SMILES string of the molecule is COCOCN(COC)c1nc(N(COC)COC)nc(N(COC)COCOC)n1. The first-order chi connectivity index (χ1) is 15.1. The van der Waals surface area contributed by atoms with Gasteiger partial charge in [0.2, 0.25) is 17.8 Å². The predicted molar refractivity (Wildman–Crippen MR) is 110 cm³/mol. The molecule has 0 aromatic carbocycles. The van der Waals surface area contributed by atoms with E-state index >= 15 is 0 Å². The summed E-state index contributed by atoms with van der Waals surface area (Å²) in [6.45, 7) is 1.21. The van der Waals surface area contributed by atoms with Crippen LogP contribution in [0.3, 0.4) is 0 Å². The van der Waals surface area contributed by atoms with Crippen molar-refractivity contribution in [2.45, 2.75) is 0 Å². The van der Waals surface area contributed by atoms with Crippen LogP contribution in [0.1, 0.15) is 0 Å². The van der Waals surface area contributed by atoms with E-state index in [0.717, 1.165) is 0 Å². The zero-order valence-corrected chi connectivity index (χ0v) is 19.1. The maximum absolute atomic E-state index is 5.46. The molecule has 14 nitrogen and oxygen atoms in total. The molecule has 0 aliphatic carbocycles. The maximum atomic E-state index is 5.46. The molecule has 1 rings (SSSR count). The van der Waals surface area contributed by atoms with Crippen LogP contribution < -0.4 is 14.7 Å². The topological polar surface area (TPSA) is 122 Å². The minimum atomic E-state index is 0.102. The highest BCUT2D eigenvalue weighted by molar-refractivity contribution is 5.45. The minimum absolute atomic E-state index is 0.102. The number of methoxy groups -OCH3 is 6. The number of rotatable bonds is 19. The lowest BCUT2D eigenvalue weighted by Gasteiger charge is -2.27. The van der Waals surface area contributed by atoms with E-state index < -0.39 is 0 Å². The summed E-state index contributed by atoms with van der Waals surface area (Å²) in [4.78, 5) is 18.7. The molecular weight excluding hydrogens is 416 g/mol. The quantitative estimate of drug-likeness (QED) is 0.205. The Kier molecular flexibility index (Phi) is 14.6. The molecule has 14 heteroatoms. The highest BCUT2D eigenvalue weighted by Gasteiger charge is 2.21. The van der Waals surface area contributed by atoms with Crippen LogP contribution >= 0.6 is 0 Å². The van der Waals surface area contributed by atoms with Gasteiger partial charge in [-0.15, -0.1) is 0 Å². The Morgan fingerprint density at radius 2 is 0.742 bits per heavy atom. The van der Waals surface area contributed by atoms with Crippen LogP contribution in [0.5, 0.6) is 0 Å². The van der Waals surface area contributed by atoms with Crippen LogP contribution in [-0.2, 0) is 37.9 Å². The van der Waals surface area contributed by atoms with E-state index in [1.54, 1.807) is 43.1 Å². The third-order valence-corrected chi connectivity index (χ3v) is 3.48. The molecule has 0 radical (unpaired) electrons. The fourth-order valence-corrected chi connectivity index (χ4v) is 2.31. The highest BCUT2D eigenvalue weighted by atomic mass is 16.7. The Labute approximate surface area is 182 Å². The zero-order valence-electron chi connectivity index (χ0n) is 19.1. The molecular formula is C17H34N6O8. The summed E-state index contributed by atoms with van der Waals surface area (Å²) in [7, 11) is 9.33. The van der Waals surface area contributed by atoms with Gasteiger partial charge in [-0.05, 0) is 0 Å².